The van der Waals surface area contributed by atoms with Crippen LogP contribution in [0.5, 0.6) is 0 Å². The number of nitrogens with zero attached hydrogens (tertiary/aromatic N) is 2. The molecular weight excluding hydrogens is 364 g/mol. The Labute approximate surface area is 176 Å². The first-order valence-electron chi connectivity index (χ1n) is 11.3. The molecule has 6 heteroatoms. The Kier molecular flexibility index (Phi) is 8.01. The second-order valence-electron chi connectivity index (χ2n) is 9.52. The molecular formula is C23H40N4O2. The third-order valence-electron chi connectivity index (χ3n) is 6.22. The average Bonchev–Trinajstić information content (AvgIpc) is 3.25. The molecule has 2 aliphatic heterocycles. The molecule has 29 heavy (non-hydrogen) atoms. The summed E-state index contributed by atoms with van der Waals surface area (Å²) in [5.74, 6) is 2.39. The summed E-state index contributed by atoms with van der Waals surface area (Å²) in [7, 11) is 1.84. The van der Waals surface area contributed by atoms with Crippen LogP contribution in [0.3, 0.4) is 0 Å². The van der Waals surface area contributed by atoms with Gasteiger partial charge in [-0.15, -0.1) is 0 Å². The van der Waals surface area contributed by atoms with Gasteiger partial charge in [-0.25, -0.2) is 0 Å². The number of nitrogens with one attached hydrogen (secondary N) is 2. The van der Waals surface area contributed by atoms with E-state index < -0.39 is 0 Å². The fourth-order valence-corrected chi connectivity index (χ4v) is 4.77. The van der Waals surface area contributed by atoms with Crippen LogP contribution in [0.25, 0.3) is 0 Å². The van der Waals surface area contributed by atoms with Crippen LogP contribution in [0, 0.1) is 11.3 Å². The Morgan fingerprint density at radius 2 is 2.00 bits per heavy atom. The Balaban J connectivity index is 1.55. The van der Waals surface area contributed by atoms with Gasteiger partial charge in [0.15, 0.2) is 5.96 Å². The number of aliphatic imine (C=N–C) groups is 1. The third kappa shape index (κ3) is 6.22. The second-order valence-corrected chi connectivity index (χ2v) is 9.52. The monoisotopic (exact) mass is 404 g/mol. The van der Waals surface area contributed by atoms with E-state index in [-0.39, 0.29) is 17.6 Å². The molecule has 0 amide bonds. The molecule has 2 fully saturated rings. The molecule has 3 atom stereocenters. The zero-order valence-corrected chi connectivity index (χ0v) is 18.7. The molecule has 2 N–H and O–H groups in total. The maximum atomic E-state index is 6.13. The lowest BCUT2D eigenvalue weighted by atomic mass is 9.78. The van der Waals surface area contributed by atoms with Crippen LogP contribution in [-0.4, -0.2) is 56.8 Å². The van der Waals surface area contributed by atoms with Crippen LogP contribution in [0.1, 0.15) is 64.7 Å². The van der Waals surface area contributed by atoms with Gasteiger partial charge >= 0.3 is 0 Å². The molecule has 0 aliphatic carbocycles. The van der Waals surface area contributed by atoms with Gasteiger partial charge in [-0.1, -0.05) is 27.2 Å². The average molecular weight is 405 g/mol. The highest BCUT2D eigenvalue weighted by atomic mass is 16.5. The molecule has 3 unspecified atom stereocenters. The van der Waals surface area contributed by atoms with E-state index >= 15 is 0 Å². The highest BCUT2D eigenvalue weighted by molar-refractivity contribution is 5.79. The van der Waals surface area contributed by atoms with Crippen molar-refractivity contribution in [1.82, 2.24) is 15.5 Å². The molecule has 2 saturated heterocycles. The minimum atomic E-state index is 0.155. The molecule has 3 heterocycles. The van der Waals surface area contributed by atoms with Crippen LogP contribution < -0.4 is 10.6 Å². The molecule has 6 nitrogen and oxygen atoms in total. The van der Waals surface area contributed by atoms with Gasteiger partial charge in [0.2, 0.25) is 0 Å². The van der Waals surface area contributed by atoms with E-state index in [4.69, 9.17) is 9.15 Å². The van der Waals surface area contributed by atoms with Gasteiger partial charge in [0, 0.05) is 32.7 Å². The number of hydrogen-bond acceptors (Lipinski definition) is 4. The number of likely N-dealkylation sites (tertiary alicyclic amines) is 1. The van der Waals surface area contributed by atoms with E-state index in [0.29, 0.717) is 5.92 Å². The maximum absolute atomic E-state index is 6.13. The molecule has 164 valence electrons. The number of hydrogen-bond donors (Lipinski definition) is 2. The first-order valence-corrected chi connectivity index (χ1v) is 11.3. The van der Waals surface area contributed by atoms with Crippen LogP contribution in [-0.2, 0) is 4.74 Å². The van der Waals surface area contributed by atoms with Crippen molar-refractivity contribution in [1.29, 1.82) is 0 Å². The SMILES string of the molecule is CN=C(NCC1CCCOC1C(C)(C)C)NCC(c1ccco1)N1CCCCC1. The lowest BCUT2D eigenvalue weighted by molar-refractivity contribution is -0.0835. The predicted molar refractivity (Wildman–Crippen MR) is 118 cm³/mol. The number of rotatable bonds is 6. The fraction of sp³-hybridized carbons (Fsp3) is 0.783. The van der Waals surface area contributed by atoms with Gasteiger partial charge in [0.1, 0.15) is 5.76 Å². The maximum Gasteiger partial charge on any atom is 0.191 e. The van der Waals surface area contributed by atoms with Crippen molar-refractivity contribution in [3.05, 3.63) is 24.2 Å². The van der Waals surface area contributed by atoms with Gasteiger partial charge in [-0.05, 0) is 56.3 Å². The first-order chi connectivity index (χ1) is 14.0. The number of furan rings is 1. The lowest BCUT2D eigenvalue weighted by Crippen LogP contribution is -2.49. The van der Waals surface area contributed by atoms with Crippen molar-refractivity contribution in [2.75, 3.05) is 39.8 Å². The van der Waals surface area contributed by atoms with Crippen LogP contribution in [0.2, 0.25) is 0 Å². The van der Waals surface area contributed by atoms with Crippen LogP contribution >= 0.6 is 0 Å². The first kappa shape index (κ1) is 22.2. The zero-order valence-electron chi connectivity index (χ0n) is 18.7. The standard InChI is InChI=1S/C23H40N4O2/c1-23(2,3)21-18(10-8-15-29-21)16-25-22(24-4)26-17-19(20-11-9-14-28-20)27-12-6-5-7-13-27/h9,11,14,18-19,21H,5-8,10,12-13,15-17H2,1-4H3,(H2,24,25,26). The third-order valence-corrected chi connectivity index (χ3v) is 6.22. The highest BCUT2D eigenvalue weighted by Crippen LogP contribution is 2.33. The summed E-state index contributed by atoms with van der Waals surface area (Å²) in [6, 6.07) is 4.31. The summed E-state index contributed by atoms with van der Waals surface area (Å²) in [6.07, 6.45) is 8.26. The summed E-state index contributed by atoms with van der Waals surface area (Å²) in [6.45, 7) is 11.6. The van der Waals surface area contributed by atoms with E-state index in [1.54, 1.807) is 6.26 Å². The molecule has 1 aromatic rings. The van der Waals surface area contributed by atoms with Crippen molar-refractivity contribution in [2.45, 2.75) is 65.0 Å². The van der Waals surface area contributed by atoms with E-state index in [1.165, 1.54) is 25.7 Å². The van der Waals surface area contributed by atoms with Crippen LogP contribution in [0.15, 0.2) is 27.8 Å². The zero-order chi connectivity index (χ0) is 20.7. The largest absolute Gasteiger partial charge is 0.468 e. The Bertz CT molecular complexity index is 617. The molecule has 0 aromatic carbocycles. The molecule has 0 spiro atoms. The van der Waals surface area contributed by atoms with E-state index in [0.717, 1.165) is 50.9 Å². The molecule has 0 bridgehead atoms. The van der Waals surface area contributed by atoms with Crippen molar-refractivity contribution in [3.63, 3.8) is 0 Å². The molecule has 2 aliphatic rings. The summed E-state index contributed by atoms with van der Waals surface area (Å²) in [4.78, 5) is 7.00. The topological polar surface area (TPSA) is 62.0 Å². The van der Waals surface area contributed by atoms with Gasteiger partial charge in [-0.2, -0.15) is 0 Å². The van der Waals surface area contributed by atoms with Gasteiger partial charge in [-0.3, -0.25) is 9.89 Å². The summed E-state index contributed by atoms with van der Waals surface area (Å²) >= 11 is 0. The van der Waals surface area contributed by atoms with E-state index in [1.807, 2.05) is 13.1 Å². The number of ether oxygens (including phenoxy) is 1. The number of guanidine groups is 1. The summed E-state index contributed by atoms with van der Waals surface area (Å²) in [5, 5.41) is 7.10. The van der Waals surface area contributed by atoms with Crippen molar-refractivity contribution in [2.24, 2.45) is 16.3 Å². The quantitative estimate of drug-likeness (QED) is 0.558. The van der Waals surface area contributed by atoms with Crippen molar-refractivity contribution in [3.8, 4) is 0 Å². The Morgan fingerprint density at radius 3 is 2.66 bits per heavy atom. The Hall–Kier alpha value is -1.53. The summed E-state index contributed by atoms with van der Waals surface area (Å²) in [5.41, 5.74) is 0.155. The minimum Gasteiger partial charge on any atom is -0.468 e. The molecule has 1 aromatic heterocycles. The Morgan fingerprint density at radius 1 is 1.21 bits per heavy atom. The smallest absolute Gasteiger partial charge is 0.191 e. The lowest BCUT2D eigenvalue weighted by Gasteiger charge is -2.40. The molecule has 3 rings (SSSR count). The molecule has 0 radical (unpaired) electrons. The number of piperidine rings is 1. The van der Waals surface area contributed by atoms with Crippen molar-refractivity contribution < 1.29 is 9.15 Å². The fourth-order valence-electron chi connectivity index (χ4n) is 4.77. The predicted octanol–water partition coefficient (Wildman–Crippen LogP) is 3.81. The van der Waals surface area contributed by atoms with Crippen LogP contribution in [0.4, 0.5) is 0 Å². The molecule has 0 saturated carbocycles. The van der Waals surface area contributed by atoms with Gasteiger partial charge in [0.05, 0.1) is 18.4 Å². The minimum absolute atomic E-state index is 0.155. The van der Waals surface area contributed by atoms with Gasteiger partial charge in [0.25, 0.3) is 0 Å². The second kappa shape index (κ2) is 10.5. The van der Waals surface area contributed by atoms with E-state index in [9.17, 15) is 0 Å². The highest BCUT2D eigenvalue weighted by Gasteiger charge is 2.35. The van der Waals surface area contributed by atoms with E-state index in [2.05, 4.69) is 47.4 Å². The van der Waals surface area contributed by atoms with Crippen molar-refractivity contribution >= 4 is 5.96 Å². The summed E-state index contributed by atoms with van der Waals surface area (Å²) < 4.78 is 11.9. The normalized spacial score (nSPS) is 25.6. The van der Waals surface area contributed by atoms with Gasteiger partial charge < -0.3 is 19.8 Å².